The van der Waals surface area contributed by atoms with Crippen molar-refractivity contribution in [2.24, 2.45) is 0 Å². The molecule has 2 aromatic carbocycles. The number of nitrogens with zero attached hydrogens (tertiary/aromatic N) is 1. The Labute approximate surface area is 197 Å². The molecule has 0 saturated heterocycles. The molecule has 1 fully saturated rings. The van der Waals surface area contributed by atoms with Crippen LogP contribution in [0.25, 0.3) is 0 Å². The van der Waals surface area contributed by atoms with E-state index in [0.29, 0.717) is 24.5 Å². The van der Waals surface area contributed by atoms with Crippen molar-refractivity contribution in [1.29, 1.82) is 0 Å². The van der Waals surface area contributed by atoms with Crippen molar-refractivity contribution >= 4 is 11.8 Å². The Kier molecular flexibility index (Phi) is 9.16. The second-order valence-electron chi connectivity index (χ2n) is 8.66. The number of methoxy groups -OCH3 is 1. The first-order valence-electron chi connectivity index (χ1n) is 11.9. The normalized spacial score (nSPS) is 14.9. The molecule has 2 amide bonds. The Morgan fingerprint density at radius 1 is 1.03 bits per heavy atom. The second-order valence-corrected chi connectivity index (χ2v) is 8.66. The van der Waals surface area contributed by atoms with E-state index in [-0.39, 0.29) is 24.5 Å². The van der Waals surface area contributed by atoms with Gasteiger partial charge in [0.1, 0.15) is 6.04 Å². The minimum atomic E-state index is -0.555. The summed E-state index contributed by atoms with van der Waals surface area (Å²) in [4.78, 5) is 28.3. The summed E-state index contributed by atoms with van der Waals surface area (Å²) in [7, 11) is 1.57. The smallest absolute Gasteiger partial charge is 0.261 e. The summed E-state index contributed by atoms with van der Waals surface area (Å²) >= 11 is 0. The number of benzene rings is 2. The lowest BCUT2D eigenvalue weighted by Crippen LogP contribution is -2.52. The van der Waals surface area contributed by atoms with Crippen LogP contribution in [0.1, 0.15) is 56.6 Å². The van der Waals surface area contributed by atoms with Crippen molar-refractivity contribution in [3.8, 4) is 11.5 Å². The summed E-state index contributed by atoms with van der Waals surface area (Å²) in [6.45, 7) is 4.16. The number of ether oxygens (including phenoxy) is 2. The molecule has 1 N–H and O–H groups in total. The molecule has 6 nitrogen and oxygen atoms in total. The lowest BCUT2D eigenvalue weighted by Gasteiger charge is -2.33. The number of carbonyl (C=O) groups excluding carboxylic acids is 2. The highest BCUT2D eigenvalue weighted by Gasteiger charge is 2.31. The average Bonchev–Trinajstić information content (AvgIpc) is 2.84. The third kappa shape index (κ3) is 6.73. The van der Waals surface area contributed by atoms with Crippen molar-refractivity contribution in [3.63, 3.8) is 0 Å². The van der Waals surface area contributed by atoms with Gasteiger partial charge < -0.3 is 19.7 Å². The number of rotatable bonds is 10. The fourth-order valence-corrected chi connectivity index (χ4v) is 4.40. The van der Waals surface area contributed by atoms with Gasteiger partial charge in [0, 0.05) is 12.6 Å². The van der Waals surface area contributed by atoms with E-state index in [1.165, 1.54) is 6.42 Å². The molecule has 0 bridgehead atoms. The Morgan fingerprint density at radius 2 is 1.70 bits per heavy atom. The van der Waals surface area contributed by atoms with Crippen LogP contribution in [0, 0.1) is 6.92 Å². The highest BCUT2D eigenvalue weighted by molar-refractivity contribution is 5.88. The number of carbonyl (C=O) groups is 2. The van der Waals surface area contributed by atoms with Gasteiger partial charge in [-0.25, -0.2) is 0 Å². The molecule has 1 aliphatic carbocycles. The number of aryl methyl sites for hydroxylation is 1. The monoisotopic (exact) mass is 452 g/mol. The van der Waals surface area contributed by atoms with Gasteiger partial charge in [-0.05, 0) is 49.4 Å². The summed E-state index contributed by atoms with van der Waals surface area (Å²) in [6, 6.07) is 14.8. The second kappa shape index (κ2) is 12.3. The van der Waals surface area contributed by atoms with Crippen LogP contribution in [0.15, 0.2) is 48.5 Å². The van der Waals surface area contributed by atoms with Gasteiger partial charge in [-0.2, -0.15) is 0 Å². The zero-order valence-corrected chi connectivity index (χ0v) is 20.0. The SMILES string of the molecule is CCC(C(=O)NC1CCCCC1)N(Cc1ccccc1C)C(=O)COc1ccccc1OC. The predicted molar refractivity (Wildman–Crippen MR) is 129 cm³/mol. The third-order valence-corrected chi connectivity index (χ3v) is 6.36. The average molecular weight is 453 g/mol. The van der Waals surface area contributed by atoms with E-state index in [1.54, 1.807) is 24.1 Å². The molecule has 1 aliphatic rings. The molecule has 0 heterocycles. The number of hydrogen-bond donors (Lipinski definition) is 1. The maximum absolute atomic E-state index is 13.4. The Bertz CT molecular complexity index is 924. The molecule has 1 saturated carbocycles. The van der Waals surface area contributed by atoms with E-state index < -0.39 is 6.04 Å². The summed E-state index contributed by atoms with van der Waals surface area (Å²) in [6.07, 6.45) is 6.04. The summed E-state index contributed by atoms with van der Waals surface area (Å²) in [5, 5.41) is 3.20. The molecule has 178 valence electrons. The molecule has 1 unspecified atom stereocenters. The number of nitrogens with one attached hydrogen (secondary N) is 1. The van der Waals surface area contributed by atoms with Crippen LogP contribution in [-0.2, 0) is 16.1 Å². The van der Waals surface area contributed by atoms with Crippen molar-refractivity contribution in [2.75, 3.05) is 13.7 Å². The van der Waals surface area contributed by atoms with Crippen molar-refractivity contribution in [3.05, 3.63) is 59.7 Å². The van der Waals surface area contributed by atoms with Gasteiger partial charge in [0.15, 0.2) is 18.1 Å². The third-order valence-electron chi connectivity index (χ3n) is 6.36. The van der Waals surface area contributed by atoms with Gasteiger partial charge >= 0.3 is 0 Å². The van der Waals surface area contributed by atoms with Crippen LogP contribution in [0.4, 0.5) is 0 Å². The molecule has 0 spiro atoms. The number of hydrogen-bond acceptors (Lipinski definition) is 4. The Hall–Kier alpha value is -3.02. The number of amides is 2. The zero-order valence-electron chi connectivity index (χ0n) is 20.0. The highest BCUT2D eigenvalue weighted by atomic mass is 16.5. The molecule has 0 aliphatic heterocycles. The van der Waals surface area contributed by atoms with Gasteiger partial charge in [-0.1, -0.05) is 62.6 Å². The van der Waals surface area contributed by atoms with Gasteiger partial charge in [-0.3, -0.25) is 9.59 Å². The van der Waals surface area contributed by atoms with Crippen LogP contribution < -0.4 is 14.8 Å². The van der Waals surface area contributed by atoms with Gasteiger partial charge in [0.25, 0.3) is 5.91 Å². The van der Waals surface area contributed by atoms with Gasteiger partial charge in [0.2, 0.25) is 5.91 Å². The lowest BCUT2D eigenvalue weighted by molar-refractivity contribution is -0.143. The fourth-order valence-electron chi connectivity index (χ4n) is 4.40. The maximum atomic E-state index is 13.4. The minimum Gasteiger partial charge on any atom is -0.493 e. The summed E-state index contributed by atoms with van der Waals surface area (Å²) in [5.74, 6) is 0.764. The first-order valence-corrected chi connectivity index (χ1v) is 11.9. The van der Waals surface area contributed by atoms with E-state index >= 15 is 0 Å². The molecule has 0 aromatic heterocycles. The number of para-hydroxylation sites is 2. The van der Waals surface area contributed by atoms with Gasteiger partial charge in [0.05, 0.1) is 7.11 Å². The molecular formula is C27H36N2O4. The summed E-state index contributed by atoms with van der Waals surface area (Å²) in [5.41, 5.74) is 2.11. The van der Waals surface area contributed by atoms with Crippen LogP contribution in [0.2, 0.25) is 0 Å². The largest absolute Gasteiger partial charge is 0.493 e. The van der Waals surface area contributed by atoms with E-state index in [9.17, 15) is 9.59 Å². The molecule has 3 rings (SSSR count). The molecule has 6 heteroatoms. The van der Waals surface area contributed by atoms with Crippen molar-refractivity contribution < 1.29 is 19.1 Å². The van der Waals surface area contributed by atoms with E-state index in [1.807, 2.05) is 50.2 Å². The topological polar surface area (TPSA) is 67.9 Å². The maximum Gasteiger partial charge on any atom is 0.261 e. The molecule has 33 heavy (non-hydrogen) atoms. The van der Waals surface area contributed by atoms with Crippen LogP contribution in [0.5, 0.6) is 11.5 Å². The molecule has 2 aromatic rings. The molecular weight excluding hydrogens is 416 g/mol. The predicted octanol–water partition coefficient (Wildman–Crippen LogP) is 4.64. The lowest BCUT2D eigenvalue weighted by atomic mass is 9.95. The first-order chi connectivity index (χ1) is 16.0. The Balaban J connectivity index is 1.78. The Morgan fingerprint density at radius 3 is 2.36 bits per heavy atom. The molecule has 1 atom stereocenters. The highest BCUT2D eigenvalue weighted by Crippen LogP contribution is 2.26. The quantitative estimate of drug-likeness (QED) is 0.570. The van der Waals surface area contributed by atoms with E-state index in [4.69, 9.17) is 9.47 Å². The van der Waals surface area contributed by atoms with Crippen LogP contribution in [0.3, 0.4) is 0 Å². The van der Waals surface area contributed by atoms with Crippen LogP contribution >= 0.6 is 0 Å². The van der Waals surface area contributed by atoms with Gasteiger partial charge in [-0.15, -0.1) is 0 Å². The standard InChI is InChI=1S/C27H36N2O4/c1-4-23(27(31)28-22-14-6-5-7-15-22)29(18-21-13-9-8-12-20(21)2)26(30)19-33-25-17-11-10-16-24(25)32-3/h8-13,16-17,22-23H,4-7,14-15,18-19H2,1-3H3,(H,28,31). The van der Waals surface area contributed by atoms with Crippen molar-refractivity contribution in [2.45, 2.75) is 71.0 Å². The molecule has 0 radical (unpaired) electrons. The fraction of sp³-hybridized carbons (Fsp3) is 0.481. The first kappa shape index (κ1) is 24.6. The van der Waals surface area contributed by atoms with E-state index in [0.717, 1.165) is 36.8 Å². The van der Waals surface area contributed by atoms with E-state index in [2.05, 4.69) is 5.32 Å². The van der Waals surface area contributed by atoms with Crippen molar-refractivity contribution in [1.82, 2.24) is 10.2 Å². The zero-order chi connectivity index (χ0) is 23.6. The summed E-state index contributed by atoms with van der Waals surface area (Å²) < 4.78 is 11.1. The van der Waals surface area contributed by atoms with Crippen LogP contribution in [-0.4, -0.2) is 42.5 Å². The minimum absolute atomic E-state index is 0.0800.